The van der Waals surface area contributed by atoms with E-state index < -0.39 is 15.8 Å². The lowest BCUT2D eigenvalue weighted by Crippen LogP contribution is -2.32. The molecule has 2 aromatic rings. The molecule has 120 valence electrons. The molecule has 0 aliphatic carbocycles. The van der Waals surface area contributed by atoms with E-state index in [1.807, 2.05) is 6.92 Å². The van der Waals surface area contributed by atoms with E-state index in [1.165, 1.54) is 29.2 Å². The van der Waals surface area contributed by atoms with Crippen molar-refractivity contribution in [3.8, 4) is 5.69 Å². The first kappa shape index (κ1) is 16.6. The first-order chi connectivity index (χ1) is 10.5. The summed E-state index contributed by atoms with van der Waals surface area (Å²) in [7, 11) is -3.64. The van der Waals surface area contributed by atoms with Gasteiger partial charge < -0.3 is 5.32 Å². The molecule has 0 amide bonds. The van der Waals surface area contributed by atoms with Gasteiger partial charge in [-0.3, -0.25) is 0 Å². The smallest absolute Gasteiger partial charge is 0.243 e. The van der Waals surface area contributed by atoms with Crippen LogP contribution in [0.25, 0.3) is 5.69 Å². The monoisotopic (exact) mass is 326 g/mol. The number of aromatic nitrogens is 2. The molecule has 1 aromatic carbocycles. The van der Waals surface area contributed by atoms with Gasteiger partial charge in [-0.15, -0.1) is 0 Å². The molecular formula is C14H19FN4O2S. The van der Waals surface area contributed by atoms with E-state index in [0.717, 1.165) is 13.0 Å². The summed E-state index contributed by atoms with van der Waals surface area (Å²) in [6.45, 7) is 3.71. The summed E-state index contributed by atoms with van der Waals surface area (Å²) in [6.07, 6.45) is 3.48. The minimum atomic E-state index is -3.64. The van der Waals surface area contributed by atoms with Gasteiger partial charge in [0.2, 0.25) is 10.0 Å². The highest BCUT2D eigenvalue weighted by atomic mass is 32.2. The van der Waals surface area contributed by atoms with Crippen LogP contribution in [0.15, 0.2) is 41.6 Å². The second-order valence-corrected chi connectivity index (χ2v) is 6.49. The van der Waals surface area contributed by atoms with Crippen molar-refractivity contribution in [2.45, 2.75) is 18.2 Å². The number of hydrogen-bond acceptors (Lipinski definition) is 4. The van der Waals surface area contributed by atoms with Crippen LogP contribution in [0.3, 0.4) is 0 Å². The molecule has 6 nitrogen and oxygen atoms in total. The zero-order valence-electron chi connectivity index (χ0n) is 12.3. The summed E-state index contributed by atoms with van der Waals surface area (Å²) in [5.41, 5.74) is 0.202. The Hall–Kier alpha value is -1.77. The highest BCUT2D eigenvalue weighted by molar-refractivity contribution is 7.89. The van der Waals surface area contributed by atoms with Crippen LogP contribution >= 0.6 is 0 Å². The Labute approximate surface area is 129 Å². The number of para-hydroxylation sites is 1. The predicted molar refractivity (Wildman–Crippen MR) is 81.9 cm³/mol. The van der Waals surface area contributed by atoms with Gasteiger partial charge in [-0.05, 0) is 25.1 Å². The summed E-state index contributed by atoms with van der Waals surface area (Å²) in [5, 5.41) is 7.01. The van der Waals surface area contributed by atoms with Gasteiger partial charge in [-0.25, -0.2) is 22.2 Å². The van der Waals surface area contributed by atoms with Crippen molar-refractivity contribution in [1.29, 1.82) is 0 Å². The van der Waals surface area contributed by atoms with E-state index in [2.05, 4.69) is 15.1 Å². The van der Waals surface area contributed by atoms with Crippen LogP contribution in [0.2, 0.25) is 0 Å². The zero-order chi connectivity index (χ0) is 16.0. The molecule has 8 heteroatoms. The normalized spacial score (nSPS) is 11.7. The Morgan fingerprint density at radius 1 is 1.23 bits per heavy atom. The number of nitrogens with one attached hydrogen (secondary N) is 2. The Balaban J connectivity index is 2.05. The molecule has 0 saturated heterocycles. The minimum Gasteiger partial charge on any atom is -0.315 e. The van der Waals surface area contributed by atoms with Gasteiger partial charge in [0.1, 0.15) is 16.4 Å². The summed E-state index contributed by atoms with van der Waals surface area (Å²) in [5.74, 6) is -0.466. The molecule has 1 aromatic heterocycles. The number of nitrogens with zero attached hydrogens (tertiary/aromatic N) is 2. The van der Waals surface area contributed by atoms with Gasteiger partial charge in [0.25, 0.3) is 0 Å². The lowest BCUT2D eigenvalue weighted by atomic mass is 10.3. The number of hydrogen-bond donors (Lipinski definition) is 2. The second kappa shape index (κ2) is 7.48. The Kier molecular flexibility index (Phi) is 5.64. The third-order valence-electron chi connectivity index (χ3n) is 2.99. The quantitative estimate of drug-likeness (QED) is 0.717. The summed E-state index contributed by atoms with van der Waals surface area (Å²) in [4.78, 5) is 0.00578. The third-order valence-corrected chi connectivity index (χ3v) is 4.40. The van der Waals surface area contributed by atoms with Crippen molar-refractivity contribution in [3.05, 3.63) is 42.5 Å². The van der Waals surface area contributed by atoms with Crippen molar-refractivity contribution < 1.29 is 12.8 Å². The molecule has 0 unspecified atom stereocenters. The maximum absolute atomic E-state index is 13.7. The summed E-state index contributed by atoms with van der Waals surface area (Å²) >= 11 is 0. The molecule has 0 saturated carbocycles. The summed E-state index contributed by atoms with van der Waals surface area (Å²) < 4.78 is 41.6. The molecule has 0 fully saturated rings. The largest absolute Gasteiger partial charge is 0.315 e. The second-order valence-electron chi connectivity index (χ2n) is 4.72. The van der Waals surface area contributed by atoms with Gasteiger partial charge in [0, 0.05) is 13.1 Å². The zero-order valence-corrected chi connectivity index (χ0v) is 13.1. The molecule has 0 atom stereocenters. The van der Waals surface area contributed by atoms with E-state index in [-0.39, 0.29) is 17.1 Å². The van der Waals surface area contributed by atoms with Gasteiger partial charge in [0.05, 0.1) is 12.4 Å². The molecule has 2 rings (SSSR count). The fourth-order valence-electron chi connectivity index (χ4n) is 1.87. The van der Waals surface area contributed by atoms with E-state index in [1.54, 1.807) is 12.1 Å². The van der Waals surface area contributed by atoms with Crippen molar-refractivity contribution in [1.82, 2.24) is 19.8 Å². The van der Waals surface area contributed by atoms with Gasteiger partial charge in [0.15, 0.2) is 0 Å². The Morgan fingerprint density at radius 2 is 2.00 bits per heavy atom. The number of benzene rings is 1. The van der Waals surface area contributed by atoms with Crippen LogP contribution in [0.5, 0.6) is 0 Å². The maximum atomic E-state index is 13.7. The fourth-order valence-corrected chi connectivity index (χ4v) is 2.84. The SMILES string of the molecule is CCCNCCNS(=O)(=O)c1cnn(-c2ccccc2F)c1. The number of sulfonamides is 1. The van der Waals surface area contributed by atoms with Gasteiger partial charge in [-0.2, -0.15) is 5.10 Å². The van der Waals surface area contributed by atoms with Crippen LogP contribution in [0.1, 0.15) is 13.3 Å². The van der Waals surface area contributed by atoms with E-state index in [4.69, 9.17) is 0 Å². The van der Waals surface area contributed by atoms with Gasteiger partial charge >= 0.3 is 0 Å². The predicted octanol–water partition coefficient (Wildman–Crippen LogP) is 1.29. The average Bonchev–Trinajstić information content (AvgIpc) is 2.98. The lowest BCUT2D eigenvalue weighted by molar-refractivity contribution is 0.575. The lowest BCUT2D eigenvalue weighted by Gasteiger charge is -2.05. The molecule has 0 aliphatic rings. The molecule has 1 heterocycles. The molecule has 2 N–H and O–H groups in total. The van der Waals surface area contributed by atoms with Crippen LogP contribution < -0.4 is 10.0 Å². The van der Waals surface area contributed by atoms with E-state index in [0.29, 0.717) is 6.54 Å². The first-order valence-electron chi connectivity index (χ1n) is 7.04. The van der Waals surface area contributed by atoms with Crippen molar-refractivity contribution in [2.75, 3.05) is 19.6 Å². The molecule has 0 bridgehead atoms. The van der Waals surface area contributed by atoms with E-state index in [9.17, 15) is 12.8 Å². The Morgan fingerprint density at radius 3 is 2.73 bits per heavy atom. The van der Waals surface area contributed by atoms with Crippen molar-refractivity contribution in [2.24, 2.45) is 0 Å². The molecule has 0 radical (unpaired) electrons. The van der Waals surface area contributed by atoms with Crippen LogP contribution in [0.4, 0.5) is 4.39 Å². The maximum Gasteiger partial charge on any atom is 0.243 e. The minimum absolute atomic E-state index is 0.00578. The first-order valence-corrected chi connectivity index (χ1v) is 8.53. The standard InChI is InChI=1S/C14H19FN4O2S/c1-2-7-16-8-9-18-22(20,21)12-10-17-19(11-12)14-6-4-3-5-13(14)15/h3-6,10-11,16,18H,2,7-9H2,1H3. The van der Waals surface area contributed by atoms with Crippen molar-refractivity contribution in [3.63, 3.8) is 0 Å². The molecular weight excluding hydrogens is 307 g/mol. The summed E-state index contributed by atoms with van der Waals surface area (Å²) in [6, 6.07) is 6.04. The number of rotatable bonds is 8. The van der Waals surface area contributed by atoms with Crippen molar-refractivity contribution >= 4 is 10.0 Å². The molecule has 22 heavy (non-hydrogen) atoms. The Bertz CT molecular complexity index is 715. The highest BCUT2D eigenvalue weighted by Gasteiger charge is 2.17. The fraction of sp³-hybridized carbons (Fsp3) is 0.357. The average molecular weight is 326 g/mol. The van der Waals surface area contributed by atoms with E-state index >= 15 is 0 Å². The number of halogens is 1. The highest BCUT2D eigenvalue weighted by Crippen LogP contribution is 2.14. The van der Waals surface area contributed by atoms with Crippen LogP contribution in [-0.2, 0) is 10.0 Å². The molecule has 0 spiro atoms. The topological polar surface area (TPSA) is 76.0 Å². The third kappa shape index (κ3) is 4.12. The van der Waals surface area contributed by atoms with Crippen LogP contribution in [0, 0.1) is 5.82 Å². The van der Waals surface area contributed by atoms with Gasteiger partial charge in [-0.1, -0.05) is 19.1 Å². The van der Waals surface area contributed by atoms with Crippen LogP contribution in [-0.4, -0.2) is 37.8 Å². The molecule has 0 aliphatic heterocycles.